The van der Waals surface area contributed by atoms with E-state index in [1.54, 1.807) is 10.7 Å². The minimum atomic E-state index is -0.865. The molecule has 0 spiro atoms. The number of hydrogen-bond acceptors (Lipinski definition) is 4. The number of nitrogens with zero attached hydrogens (tertiary/aromatic N) is 4. The van der Waals surface area contributed by atoms with Crippen molar-refractivity contribution in [3.63, 3.8) is 0 Å². The van der Waals surface area contributed by atoms with Gasteiger partial charge in [0.25, 0.3) is 0 Å². The molecule has 20 heavy (non-hydrogen) atoms. The normalized spacial score (nSPS) is 19.4. The van der Waals surface area contributed by atoms with Gasteiger partial charge in [0.2, 0.25) is 0 Å². The second-order valence-electron chi connectivity index (χ2n) is 5.17. The van der Waals surface area contributed by atoms with Crippen LogP contribution in [0.3, 0.4) is 0 Å². The number of hydrogen-bond donors (Lipinski definition) is 2. The van der Waals surface area contributed by atoms with E-state index < -0.39 is 6.09 Å². The van der Waals surface area contributed by atoms with Crippen LogP contribution in [0.2, 0.25) is 0 Å². The number of aryl methyl sites for hydroxylation is 1. The molecule has 1 amide bonds. The van der Waals surface area contributed by atoms with E-state index in [9.17, 15) is 4.79 Å². The molecule has 3 N–H and O–H groups in total. The summed E-state index contributed by atoms with van der Waals surface area (Å²) < 4.78 is 1.75. The molecule has 3 rings (SSSR count). The molecule has 1 unspecified atom stereocenters. The summed E-state index contributed by atoms with van der Waals surface area (Å²) in [6.45, 7) is 2.94. The Kier molecular flexibility index (Phi) is 2.96. The highest BCUT2D eigenvalue weighted by molar-refractivity contribution is 5.67. The zero-order valence-corrected chi connectivity index (χ0v) is 11.3. The maximum Gasteiger partial charge on any atom is 0.407 e. The molecule has 2 aromatic heterocycles. The Bertz CT molecular complexity index is 666. The molecule has 0 saturated carbocycles. The molecular weight excluding hydrogens is 258 g/mol. The molecule has 2 aromatic rings. The number of likely N-dealkylation sites (tertiary alicyclic amines) is 1. The van der Waals surface area contributed by atoms with Gasteiger partial charge in [-0.3, -0.25) is 0 Å². The molecule has 0 radical (unpaired) electrons. The Labute approximate surface area is 116 Å². The first-order valence-electron chi connectivity index (χ1n) is 6.65. The molecular formula is C13H17N5O2. The SMILES string of the molecule is Cc1nn2c(C3CCCN(C(=O)O)C3)ccnc2c1N. The van der Waals surface area contributed by atoms with Gasteiger partial charge in [0.1, 0.15) is 5.69 Å². The van der Waals surface area contributed by atoms with Crippen molar-refractivity contribution in [2.24, 2.45) is 0 Å². The van der Waals surface area contributed by atoms with Gasteiger partial charge in [-0.25, -0.2) is 14.3 Å². The van der Waals surface area contributed by atoms with Crippen LogP contribution in [0, 0.1) is 6.92 Å². The molecule has 106 valence electrons. The van der Waals surface area contributed by atoms with E-state index in [1.165, 1.54) is 4.90 Å². The van der Waals surface area contributed by atoms with Crippen LogP contribution < -0.4 is 5.73 Å². The molecule has 7 heteroatoms. The van der Waals surface area contributed by atoms with Crippen molar-refractivity contribution in [3.8, 4) is 0 Å². The quantitative estimate of drug-likeness (QED) is 0.821. The first kappa shape index (κ1) is 12.7. The summed E-state index contributed by atoms with van der Waals surface area (Å²) in [4.78, 5) is 16.8. The third kappa shape index (κ3) is 1.95. The Morgan fingerprint density at radius 3 is 3.10 bits per heavy atom. The van der Waals surface area contributed by atoms with Crippen LogP contribution in [0.4, 0.5) is 10.5 Å². The number of piperidine rings is 1. The summed E-state index contributed by atoms with van der Waals surface area (Å²) in [6.07, 6.45) is 2.65. The zero-order valence-electron chi connectivity index (χ0n) is 11.3. The first-order chi connectivity index (χ1) is 9.58. The van der Waals surface area contributed by atoms with E-state index in [1.807, 2.05) is 13.0 Å². The standard InChI is InChI=1S/C13H17N5O2/c1-8-11(14)12-15-5-4-10(18(12)16-8)9-3-2-6-17(7-9)13(19)20/h4-5,9H,2-3,6-7,14H2,1H3,(H,19,20). The fourth-order valence-corrected chi connectivity index (χ4v) is 2.79. The molecule has 0 aliphatic carbocycles. The Balaban J connectivity index is 2.01. The van der Waals surface area contributed by atoms with Gasteiger partial charge in [-0.1, -0.05) is 0 Å². The summed E-state index contributed by atoms with van der Waals surface area (Å²) in [5.74, 6) is 0.129. The van der Waals surface area contributed by atoms with Gasteiger partial charge in [0.05, 0.1) is 11.4 Å². The van der Waals surface area contributed by atoms with Crippen LogP contribution in [0.5, 0.6) is 0 Å². The van der Waals surface area contributed by atoms with Gasteiger partial charge in [0, 0.05) is 25.2 Å². The van der Waals surface area contributed by atoms with Crippen molar-refractivity contribution in [1.82, 2.24) is 19.5 Å². The Morgan fingerprint density at radius 1 is 1.55 bits per heavy atom. The van der Waals surface area contributed by atoms with Crippen LogP contribution >= 0.6 is 0 Å². The van der Waals surface area contributed by atoms with Crippen LogP contribution in [0.25, 0.3) is 5.65 Å². The Hall–Kier alpha value is -2.31. The number of aromatic nitrogens is 3. The molecule has 1 fully saturated rings. The number of carboxylic acid groups (broad SMARTS) is 1. The lowest BCUT2D eigenvalue weighted by Crippen LogP contribution is -2.38. The third-order valence-corrected chi connectivity index (χ3v) is 3.88. The molecule has 0 aromatic carbocycles. The smallest absolute Gasteiger partial charge is 0.407 e. The van der Waals surface area contributed by atoms with E-state index in [0.717, 1.165) is 24.2 Å². The second kappa shape index (κ2) is 4.66. The van der Waals surface area contributed by atoms with Crippen molar-refractivity contribution in [2.45, 2.75) is 25.7 Å². The average Bonchev–Trinajstić information content (AvgIpc) is 2.74. The maximum atomic E-state index is 11.1. The number of amides is 1. The molecule has 1 atom stereocenters. The van der Waals surface area contributed by atoms with Gasteiger partial charge >= 0.3 is 6.09 Å². The fourth-order valence-electron chi connectivity index (χ4n) is 2.79. The summed E-state index contributed by atoms with van der Waals surface area (Å²) in [7, 11) is 0. The number of nitrogens with two attached hydrogens (primary N) is 1. The van der Waals surface area contributed by atoms with E-state index >= 15 is 0 Å². The van der Waals surface area contributed by atoms with E-state index in [-0.39, 0.29) is 5.92 Å². The number of nitrogen functional groups attached to an aromatic ring is 1. The number of anilines is 1. The molecule has 1 saturated heterocycles. The molecule has 3 heterocycles. The largest absolute Gasteiger partial charge is 0.465 e. The van der Waals surface area contributed by atoms with Gasteiger partial charge in [0.15, 0.2) is 5.65 Å². The van der Waals surface area contributed by atoms with Crippen molar-refractivity contribution in [1.29, 1.82) is 0 Å². The number of fused-ring (bicyclic) bond motifs is 1. The van der Waals surface area contributed by atoms with Gasteiger partial charge in [-0.2, -0.15) is 5.10 Å². The van der Waals surface area contributed by atoms with Crippen LogP contribution in [0.1, 0.15) is 30.1 Å². The Morgan fingerprint density at radius 2 is 2.35 bits per heavy atom. The lowest BCUT2D eigenvalue weighted by Gasteiger charge is -2.30. The predicted octanol–water partition coefficient (Wildman–Crippen LogP) is 1.48. The zero-order chi connectivity index (χ0) is 14.3. The van der Waals surface area contributed by atoms with Crippen LogP contribution in [-0.2, 0) is 0 Å². The fraction of sp³-hybridized carbons (Fsp3) is 0.462. The molecule has 1 aliphatic heterocycles. The lowest BCUT2D eigenvalue weighted by atomic mass is 9.95. The average molecular weight is 275 g/mol. The second-order valence-corrected chi connectivity index (χ2v) is 5.17. The maximum absolute atomic E-state index is 11.1. The van der Waals surface area contributed by atoms with E-state index in [4.69, 9.17) is 10.8 Å². The molecule has 0 bridgehead atoms. The van der Waals surface area contributed by atoms with Crippen LogP contribution in [-0.4, -0.2) is 43.8 Å². The molecule has 7 nitrogen and oxygen atoms in total. The first-order valence-corrected chi connectivity index (χ1v) is 6.65. The monoisotopic (exact) mass is 275 g/mol. The predicted molar refractivity (Wildman–Crippen MR) is 73.7 cm³/mol. The highest BCUT2D eigenvalue weighted by Gasteiger charge is 2.26. The van der Waals surface area contributed by atoms with Gasteiger partial charge in [-0.15, -0.1) is 0 Å². The summed E-state index contributed by atoms with van der Waals surface area (Å²) in [6, 6.07) is 1.90. The minimum Gasteiger partial charge on any atom is -0.465 e. The van der Waals surface area contributed by atoms with Crippen molar-refractivity contribution in [3.05, 3.63) is 23.7 Å². The van der Waals surface area contributed by atoms with Crippen molar-refractivity contribution in [2.75, 3.05) is 18.8 Å². The minimum absolute atomic E-state index is 0.129. The third-order valence-electron chi connectivity index (χ3n) is 3.88. The highest BCUT2D eigenvalue weighted by Crippen LogP contribution is 2.28. The summed E-state index contributed by atoms with van der Waals surface area (Å²) in [5.41, 5.74) is 8.91. The van der Waals surface area contributed by atoms with Crippen molar-refractivity contribution < 1.29 is 9.90 Å². The number of rotatable bonds is 1. The summed E-state index contributed by atoms with van der Waals surface area (Å²) >= 11 is 0. The number of carbonyl (C=O) groups is 1. The van der Waals surface area contributed by atoms with Crippen molar-refractivity contribution >= 4 is 17.4 Å². The van der Waals surface area contributed by atoms with E-state index in [2.05, 4.69) is 10.1 Å². The highest BCUT2D eigenvalue weighted by atomic mass is 16.4. The van der Waals surface area contributed by atoms with E-state index in [0.29, 0.717) is 24.4 Å². The lowest BCUT2D eigenvalue weighted by molar-refractivity contribution is 0.130. The summed E-state index contributed by atoms with van der Waals surface area (Å²) in [5, 5.41) is 13.6. The molecule has 1 aliphatic rings. The van der Waals surface area contributed by atoms with Gasteiger partial charge < -0.3 is 15.7 Å². The van der Waals surface area contributed by atoms with Crippen LogP contribution in [0.15, 0.2) is 12.3 Å². The van der Waals surface area contributed by atoms with Gasteiger partial charge in [-0.05, 0) is 25.8 Å². The topological polar surface area (TPSA) is 96.8 Å².